The Labute approximate surface area is 88.7 Å². The van der Waals surface area contributed by atoms with Crippen LogP contribution >= 0.6 is 0 Å². The Hall–Kier alpha value is -0.960. The van der Waals surface area contributed by atoms with Crippen molar-refractivity contribution < 1.29 is 0 Å². The van der Waals surface area contributed by atoms with Crippen LogP contribution < -0.4 is 0 Å². The molecule has 0 heteroatoms. The predicted molar refractivity (Wildman–Crippen MR) is 64.4 cm³/mol. The summed E-state index contributed by atoms with van der Waals surface area (Å²) in [5.41, 5.74) is 7.62. The van der Waals surface area contributed by atoms with Crippen LogP contribution in [0.3, 0.4) is 0 Å². The third-order valence-corrected chi connectivity index (χ3v) is 2.05. The van der Waals surface area contributed by atoms with Crippen molar-refractivity contribution in [1.29, 1.82) is 0 Å². The molecule has 0 radical (unpaired) electrons. The van der Waals surface area contributed by atoms with Crippen LogP contribution in [0, 0.1) is 0 Å². The van der Waals surface area contributed by atoms with E-state index in [-0.39, 0.29) is 0 Å². The highest BCUT2D eigenvalue weighted by molar-refractivity contribution is 5.02. The third kappa shape index (κ3) is 7.68. The zero-order valence-electron chi connectivity index (χ0n) is 9.77. The molecule has 0 fully saturated rings. The van der Waals surface area contributed by atoms with E-state index in [0.29, 0.717) is 0 Å². The third-order valence-electron chi connectivity index (χ3n) is 2.05. The van der Waals surface area contributed by atoms with Gasteiger partial charge < -0.3 is 0 Å². The van der Waals surface area contributed by atoms with Crippen molar-refractivity contribution >= 4 is 0 Å². The highest BCUT2D eigenvalue weighted by Gasteiger charge is 1.90. The molecular weight excluding hydrogens is 168 g/mol. The van der Waals surface area contributed by atoms with E-state index in [1.165, 1.54) is 12.8 Å². The zero-order chi connectivity index (χ0) is 10.6. The van der Waals surface area contributed by atoms with Crippen molar-refractivity contribution in [1.82, 2.24) is 0 Å². The van der Waals surface area contributed by atoms with Gasteiger partial charge in [0.2, 0.25) is 0 Å². The summed E-state index contributed by atoms with van der Waals surface area (Å²) < 4.78 is 0. The predicted octanol–water partition coefficient (Wildman–Crippen LogP) is 4.79. The van der Waals surface area contributed by atoms with Crippen molar-refractivity contribution in [2.75, 3.05) is 0 Å². The van der Waals surface area contributed by atoms with Crippen molar-refractivity contribution in [2.24, 2.45) is 0 Å². The van der Waals surface area contributed by atoms with Crippen LogP contribution in [0.4, 0.5) is 0 Å². The van der Waals surface area contributed by atoms with E-state index in [4.69, 9.17) is 0 Å². The molecule has 0 N–H and O–H groups in total. The van der Waals surface area contributed by atoms with Crippen LogP contribution in [-0.4, -0.2) is 0 Å². The first-order chi connectivity index (χ1) is 6.85. The summed E-state index contributed by atoms with van der Waals surface area (Å²) in [6.07, 6.45) is 12.0. The van der Waals surface area contributed by atoms with Crippen molar-refractivity contribution in [3.05, 3.63) is 35.3 Å². The zero-order valence-corrected chi connectivity index (χ0v) is 9.77. The first-order valence-corrected chi connectivity index (χ1v) is 5.67. The molecule has 0 amide bonds. The molecule has 0 aromatic carbocycles. The maximum absolute atomic E-state index is 3.05. The van der Waals surface area contributed by atoms with E-state index < -0.39 is 0 Å². The molecule has 0 nitrogen and oxygen atoms in total. The molecule has 0 aliphatic carbocycles. The van der Waals surface area contributed by atoms with Gasteiger partial charge in [-0.1, -0.05) is 43.9 Å². The molecule has 0 aromatic heterocycles. The van der Waals surface area contributed by atoms with Gasteiger partial charge in [-0.25, -0.2) is 0 Å². The molecule has 0 aromatic rings. The van der Waals surface area contributed by atoms with Crippen LogP contribution in [0.25, 0.3) is 0 Å². The number of hydrogen-bond donors (Lipinski definition) is 0. The van der Waals surface area contributed by atoms with Gasteiger partial charge >= 0.3 is 0 Å². The second kappa shape index (κ2) is 10.1. The van der Waals surface area contributed by atoms with Gasteiger partial charge in [-0.3, -0.25) is 0 Å². The fourth-order valence-electron chi connectivity index (χ4n) is 1.26. The summed E-state index contributed by atoms with van der Waals surface area (Å²) >= 11 is 0. The van der Waals surface area contributed by atoms with Crippen LogP contribution in [0.5, 0.6) is 0 Å². The molecule has 0 aliphatic rings. The van der Waals surface area contributed by atoms with E-state index in [9.17, 15) is 0 Å². The fraction of sp³-hybridized carbons (Fsp3) is 0.571. The van der Waals surface area contributed by atoms with Gasteiger partial charge in [0.1, 0.15) is 0 Å². The lowest BCUT2D eigenvalue weighted by Crippen LogP contribution is -1.79. The molecule has 0 atom stereocenters. The minimum absolute atomic E-state index is 1.04. The normalized spacial score (nSPS) is 10.4. The highest BCUT2D eigenvalue weighted by atomic mass is 14.0. The van der Waals surface area contributed by atoms with Crippen molar-refractivity contribution in [2.45, 2.75) is 52.9 Å². The Morgan fingerprint density at radius 1 is 1.00 bits per heavy atom. The largest absolute Gasteiger partial charge is 0.0856 e. The monoisotopic (exact) mass is 190 g/mol. The molecule has 0 saturated heterocycles. The second-order valence-corrected chi connectivity index (χ2v) is 3.27. The SMILES string of the molecule is CCC=C=C=CCCC(=CCC)CC. The van der Waals surface area contributed by atoms with Crippen LogP contribution in [-0.2, 0) is 0 Å². The topological polar surface area (TPSA) is 0 Å². The van der Waals surface area contributed by atoms with Gasteiger partial charge in [-0.05, 0) is 44.3 Å². The van der Waals surface area contributed by atoms with E-state index in [1.807, 2.05) is 6.08 Å². The van der Waals surface area contributed by atoms with Gasteiger partial charge in [0.05, 0.1) is 0 Å². The Balaban J connectivity index is 3.88. The minimum atomic E-state index is 1.04. The average molecular weight is 190 g/mol. The molecule has 78 valence electrons. The molecule has 0 unspecified atom stereocenters. The van der Waals surface area contributed by atoms with E-state index in [2.05, 4.69) is 44.4 Å². The van der Waals surface area contributed by atoms with Crippen molar-refractivity contribution in [3.8, 4) is 0 Å². The lowest BCUT2D eigenvalue weighted by molar-refractivity contribution is 0.895. The Morgan fingerprint density at radius 3 is 2.29 bits per heavy atom. The van der Waals surface area contributed by atoms with E-state index >= 15 is 0 Å². The first kappa shape index (κ1) is 13.0. The van der Waals surface area contributed by atoms with Gasteiger partial charge in [-0.15, -0.1) is 0 Å². The van der Waals surface area contributed by atoms with E-state index in [1.54, 1.807) is 5.57 Å². The van der Waals surface area contributed by atoms with Crippen molar-refractivity contribution in [3.63, 3.8) is 0 Å². The molecule has 0 spiro atoms. The van der Waals surface area contributed by atoms with Crippen LogP contribution in [0.2, 0.25) is 0 Å². The summed E-state index contributed by atoms with van der Waals surface area (Å²) in [6.45, 7) is 6.52. The quantitative estimate of drug-likeness (QED) is 0.417. The van der Waals surface area contributed by atoms with Gasteiger partial charge in [0.15, 0.2) is 0 Å². The Morgan fingerprint density at radius 2 is 1.71 bits per heavy atom. The summed E-state index contributed by atoms with van der Waals surface area (Å²) in [7, 11) is 0. The molecule has 0 heterocycles. The molecular formula is C14H22. The second-order valence-electron chi connectivity index (χ2n) is 3.27. The van der Waals surface area contributed by atoms with E-state index in [0.717, 1.165) is 19.3 Å². The van der Waals surface area contributed by atoms with Crippen LogP contribution in [0.1, 0.15) is 52.9 Å². The standard InChI is InChI=1S/C14H22/c1-4-7-8-9-10-11-13-14(6-3)12-5-2/h7,10,12H,4-6,11,13H2,1-3H3. The Bertz CT molecular complexity index is 243. The Kier molecular flexibility index (Phi) is 9.43. The van der Waals surface area contributed by atoms with Crippen LogP contribution in [0.15, 0.2) is 35.3 Å². The summed E-state index contributed by atoms with van der Waals surface area (Å²) in [6, 6.07) is 0. The summed E-state index contributed by atoms with van der Waals surface area (Å²) in [5.74, 6) is 0. The molecule has 0 saturated carbocycles. The smallest absolute Gasteiger partial charge is 0.0231 e. The van der Waals surface area contributed by atoms with Gasteiger partial charge in [-0.2, -0.15) is 0 Å². The minimum Gasteiger partial charge on any atom is -0.0856 e. The summed E-state index contributed by atoms with van der Waals surface area (Å²) in [5, 5.41) is 0. The molecule has 0 aliphatic heterocycles. The molecule has 0 bridgehead atoms. The van der Waals surface area contributed by atoms with Gasteiger partial charge in [0, 0.05) is 0 Å². The molecule has 0 rings (SSSR count). The average Bonchev–Trinajstić information content (AvgIpc) is 2.21. The molecule has 14 heavy (non-hydrogen) atoms. The number of hydrogen-bond acceptors (Lipinski definition) is 0. The maximum Gasteiger partial charge on any atom is -0.0231 e. The lowest BCUT2D eigenvalue weighted by atomic mass is 10.1. The highest BCUT2D eigenvalue weighted by Crippen LogP contribution is 2.10. The first-order valence-electron chi connectivity index (χ1n) is 5.67. The number of rotatable bonds is 6. The maximum atomic E-state index is 3.05. The number of allylic oxidation sites excluding steroid dienone is 4. The summed E-state index contributed by atoms with van der Waals surface area (Å²) in [4.78, 5) is 0. The lowest BCUT2D eigenvalue weighted by Gasteiger charge is -1.99. The fourth-order valence-corrected chi connectivity index (χ4v) is 1.26. The van der Waals surface area contributed by atoms with Gasteiger partial charge in [0.25, 0.3) is 0 Å².